The number of benzene rings is 1. The van der Waals surface area contributed by atoms with E-state index in [-0.39, 0.29) is 0 Å². The van der Waals surface area contributed by atoms with Gasteiger partial charge in [0.15, 0.2) is 0 Å². The Morgan fingerprint density at radius 3 is 2.33 bits per heavy atom. The van der Waals surface area contributed by atoms with Crippen LogP contribution in [0.1, 0.15) is 30.5 Å². The third-order valence-electron chi connectivity index (χ3n) is 2.56. The molecular formula is C13H20O2. The summed E-state index contributed by atoms with van der Waals surface area (Å²) in [7, 11) is 0. The molecule has 0 aliphatic heterocycles. The number of phenolic OH excluding ortho intramolecular Hbond substituents is 1. The van der Waals surface area contributed by atoms with E-state index < -0.39 is 0 Å². The Bertz CT molecular complexity index is 354. The molecule has 0 unspecified atom stereocenters. The second-order valence-corrected chi connectivity index (χ2v) is 4.50. The number of hydrogen-bond acceptors (Lipinski definition) is 2. The number of rotatable bonds is 3. The monoisotopic (exact) mass is 208 g/mol. The van der Waals surface area contributed by atoms with Gasteiger partial charge in [-0.05, 0) is 49.4 Å². The predicted octanol–water partition coefficient (Wildman–Crippen LogP) is 3.35. The molecule has 15 heavy (non-hydrogen) atoms. The van der Waals surface area contributed by atoms with Crippen LogP contribution < -0.4 is 4.74 Å². The topological polar surface area (TPSA) is 29.5 Å². The summed E-state index contributed by atoms with van der Waals surface area (Å²) in [5, 5.41) is 9.63. The molecule has 0 spiro atoms. The Morgan fingerprint density at radius 1 is 1.20 bits per heavy atom. The first-order valence-corrected chi connectivity index (χ1v) is 5.36. The van der Waals surface area contributed by atoms with Gasteiger partial charge in [0.25, 0.3) is 0 Å². The molecule has 0 saturated heterocycles. The number of hydrogen-bond donors (Lipinski definition) is 1. The molecule has 1 rings (SSSR count). The lowest BCUT2D eigenvalue weighted by molar-refractivity contribution is 0.267. The zero-order chi connectivity index (χ0) is 11.6. The van der Waals surface area contributed by atoms with Crippen LogP contribution in [0.15, 0.2) is 6.07 Å². The van der Waals surface area contributed by atoms with Gasteiger partial charge in [-0.2, -0.15) is 0 Å². The van der Waals surface area contributed by atoms with Crippen LogP contribution in [0.3, 0.4) is 0 Å². The predicted molar refractivity (Wildman–Crippen MR) is 62.7 cm³/mol. The zero-order valence-corrected chi connectivity index (χ0v) is 10.2. The molecule has 0 bridgehead atoms. The van der Waals surface area contributed by atoms with E-state index in [9.17, 15) is 5.11 Å². The first-order chi connectivity index (χ1) is 6.93. The summed E-state index contributed by atoms with van der Waals surface area (Å²) in [6.45, 7) is 10.8. The average Bonchev–Trinajstić information content (AvgIpc) is 2.14. The summed E-state index contributed by atoms with van der Waals surface area (Å²) in [5.74, 6) is 1.78. The standard InChI is InChI=1S/C13H20O2/c1-8(2)7-15-13-9(3)6-12(14)10(4)11(13)5/h6,8,14H,7H2,1-5H3. The van der Waals surface area contributed by atoms with Gasteiger partial charge in [0.05, 0.1) is 6.61 Å². The lowest BCUT2D eigenvalue weighted by Gasteiger charge is -2.16. The fourth-order valence-corrected chi connectivity index (χ4v) is 1.51. The molecule has 0 radical (unpaired) electrons. The zero-order valence-electron chi connectivity index (χ0n) is 10.2. The van der Waals surface area contributed by atoms with E-state index >= 15 is 0 Å². The number of ether oxygens (including phenoxy) is 1. The van der Waals surface area contributed by atoms with Crippen molar-refractivity contribution in [1.82, 2.24) is 0 Å². The van der Waals surface area contributed by atoms with Gasteiger partial charge in [0.2, 0.25) is 0 Å². The highest BCUT2D eigenvalue weighted by molar-refractivity contribution is 5.51. The largest absolute Gasteiger partial charge is 0.508 e. The maximum absolute atomic E-state index is 9.63. The van der Waals surface area contributed by atoms with E-state index in [2.05, 4.69) is 13.8 Å². The lowest BCUT2D eigenvalue weighted by Crippen LogP contribution is -2.07. The Morgan fingerprint density at radius 2 is 1.80 bits per heavy atom. The Hall–Kier alpha value is -1.18. The Balaban J connectivity index is 3.02. The van der Waals surface area contributed by atoms with Crippen LogP contribution in [0.5, 0.6) is 11.5 Å². The van der Waals surface area contributed by atoms with Gasteiger partial charge < -0.3 is 9.84 Å². The molecule has 0 saturated carbocycles. The van der Waals surface area contributed by atoms with E-state index in [4.69, 9.17) is 4.74 Å². The van der Waals surface area contributed by atoms with Gasteiger partial charge in [-0.25, -0.2) is 0 Å². The molecule has 0 aromatic heterocycles. The Kier molecular flexibility index (Phi) is 3.61. The second-order valence-electron chi connectivity index (χ2n) is 4.50. The van der Waals surface area contributed by atoms with E-state index in [1.54, 1.807) is 6.07 Å². The Labute approximate surface area is 91.9 Å². The van der Waals surface area contributed by atoms with Gasteiger partial charge in [0, 0.05) is 0 Å². The summed E-state index contributed by atoms with van der Waals surface area (Å²) in [6, 6.07) is 1.76. The van der Waals surface area contributed by atoms with Gasteiger partial charge in [0.1, 0.15) is 11.5 Å². The molecule has 2 heteroatoms. The maximum atomic E-state index is 9.63. The molecule has 0 fully saturated rings. The molecule has 84 valence electrons. The summed E-state index contributed by atoms with van der Waals surface area (Å²) >= 11 is 0. The van der Waals surface area contributed by atoms with Crippen LogP contribution in [0, 0.1) is 26.7 Å². The highest BCUT2D eigenvalue weighted by Crippen LogP contribution is 2.32. The minimum Gasteiger partial charge on any atom is -0.508 e. The second kappa shape index (κ2) is 4.56. The van der Waals surface area contributed by atoms with Crippen molar-refractivity contribution in [3.63, 3.8) is 0 Å². The normalized spacial score (nSPS) is 10.8. The number of aryl methyl sites for hydroxylation is 1. The molecule has 2 nitrogen and oxygen atoms in total. The van der Waals surface area contributed by atoms with E-state index in [1.807, 2.05) is 20.8 Å². The van der Waals surface area contributed by atoms with Gasteiger partial charge in [-0.15, -0.1) is 0 Å². The van der Waals surface area contributed by atoms with Gasteiger partial charge in [-0.1, -0.05) is 13.8 Å². The van der Waals surface area contributed by atoms with Crippen LogP contribution >= 0.6 is 0 Å². The van der Waals surface area contributed by atoms with Gasteiger partial charge >= 0.3 is 0 Å². The smallest absolute Gasteiger partial charge is 0.125 e. The van der Waals surface area contributed by atoms with Crippen molar-refractivity contribution >= 4 is 0 Å². The van der Waals surface area contributed by atoms with Crippen molar-refractivity contribution in [2.75, 3.05) is 6.61 Å². The van der Waals surface area contributed by atoms with Gasteiger partial charge in [-0.3, -0.25) is 0 Å². The summed E-state index contributed by atoms with van der Waals surface area (Å²) < 4.78 is 5.75. The first-order valence-electron chi connectivity index (χ1n) is 5.36. The molecule has 0 heterocycles. The molecule has 0 aliphatic rings. The SMILES string of the molecule is Cc1cc(O)c(C)c(C)c1OCC(C)C. The first kappa shape index (κ1) is 11.9. The highest BCUT2D eigenvalue weighted by Gasteiger charge is 2.10. The average molecular weight is 208 g/mol. The van der Waals surface area contributed by atoms with Crippen LogP contribution in [-0.4, -0.2) is 11.7 Å². The molecular weight excluding hydrogens is 188 g/mol. The van der Waals surface area contributed by atoms with E-state index in [0.29, 0.717) is 18.3 Å². The third-order valence-corrected chi connectivity index (χ3v) is 2.56. The maximum Gasteiger partial charge on any atom is 0.125 e. The third kappa shape index (κ3) is 2.65. The molecule has 0 aliphatic carbocycles. The van der Waals surface area contributed by atoms with Crippen molar-refractivity contribution < 1.29 is 9.84 Å². The minimum atomic E-state index is 0.349. The number of phenols is 1. The van der Waals surface area contributed by atoms with Crippen molar-refractivity contribution in [2.24, 2.45) is 5.92 Å². The summed E-state index contributed by atoms with van der Waals surface area (Å²) in [5.41, 5.74) is 2.93. The van der Waals surface area contributed by atoms with Crippen LogP contribution in [0.4, 0.5) is 0 Å². The molecule has 1 N–H and O–H groups in total. The lowest BCUT2D eigenvalue weighted by atomic mass is 10.0. The van der Waals surface area contributed by atoms with Crippen LogP contribution in [0.2, 0.25) is 0 Å². The minimum absolute atomic E-state index is 0.349. The molecule has 1 aromatic carbocycles. The summed E-state index contributed by atoms with van der Waals surface area (Å²) in [6.07, 6.45) is 0. The van der Waals surface area contributed by atoms with E-state index in [1.165, 1.54) is 0 Å². The molecule has 1 aromatic rings. The van der Waals surface area contributed by atoms with Crippen molar-refractivity contribution in [2.45, 2.75) is 34.6 Å². The van der Waals surface area contributed by atoms with Crippen LogP contribution in [-0.2, 0) is 0 Å². The quantitative estimate of drug-likeness (QED) is 0.825. The van der Waals surface area contributed by atoms with Crippen molar-refractivity contribution in [3.05, 3.63) is 22.8 Å². The molecule has 0 atom stereocenters. The molecule has 0 amide bonds. The fraction of sp³-hybridized carbons (Fsp3) is 0.538. The summed E-state index contributed by atoms with van der Waals surface area (Å²) in [4.78, 5) is 0. The van der Waals surface area contributed by atoms with Crippen molar-refractivity contribution in [1.29, 1.82) is 0 Å². The van der Waals surface area contributed by atoms with Crippen molar-refractivity contribution in [3.8, 4) is 11.5 Å². The highest BCUT2D eigenvalue weighted by atomic mass is 16.5. The van der Waals surface area contributed by atoms with Crippen LogP contribution in [0.25, 0.3) is 0 Å². The van der Waals surface area contributed by atoms with E-state index in [0.717, 1.165) is 22.4 Å². The fourth-order valence-electron chi connectivity index (χ4n) is 1.51. The number of aromatic hydroxyl groups is 1.